The van der Waals surface area contributed by atoms with Gasteiger partial charge in [-0.1, -0.05) is 19.9 Å². The summed E-state index contributed by atoms with van der Waals surface area (Å²) in [6, 6.07) is 6.76. The third-order valence-electron chi connectivity index (χ3n) is 4.09. The lowest BCUT2D eigenvalue weighted by atomic mass is 10.1. The van der Waals surface area contributed by atoms with Gasteiger partial charge in [-0.3, -0.25) is 0 Å². The smallest absolute Gasteiger partial charge is 0.153 e. The fourth-order valence-electron chi connectivity index (χ4n) is 2.83. The lowest BCUT2D eigenvalue weighted by molar-refractivity contribution is 0.676. The number of pyridine rings is 1. The highest BCUT2D eigenvalue weighted by Crippen LogP contribution is 2.21. The Labute approximate surface area is 126 Å². The number of hydrogen-bond acceptors (Lipinski definition) is 3. The van der Waals surface area contributed by atoms with Crippen molar-refractivity contribution in [2.45, 2.75) is 52.0 Å². The van der Waals surface area contributed by atoms with Gasteiger partial charge in [0, 0.05) is 17.9 Å². The third-order valence-corrected chi connectivity index (χ3v) is 4.09. The minimum atomic E-state index is 0.769. The van der Waals surface area contributed by atoms with Crippen LogP contribution in [0.15, 0.2) is 24.4 Å². The van der Waals surface area contributed by atoms with E-state index in [9.17, 15) is 0 Å². The molecule has 0 saturated heterocycles. The predicted octanol–water partition coefficient (Wildman–Crippen LogP) is 2.69. The Bertz CT molecular complexity index is 584. The molecule has 2 heterocycles. The quantitative estimate of drug-likeness (QED) is 0.850. The average Bonchev–Trinajstić information content (AvgIpc) is 3.28. The van der Waals surface area contributed by atoms with E-state index in [4.69, 9.17) is 5.10 Å². The molecule has 3 rings (SSSR count). The highest BCUT2D eigenvalue weighted by atomic mass is 15.3. The Morgan fingerprint density at radius 2 is 2.10 bits per heavy atom. The summed E-state index contributed by atoms with van der Waals surface area (Å²) in [6.07, 6.45) is 7.54. The summed E-state index contributed by atoms with van der Waals surface area (Å²) >= 11 is 0. The number of hydrogen-bond donors (Lipinski definition) is 1. The van der Waals surface area contributed by atoms with Crippen molar-refractivity contribution in [1.29, 1.82) is 0 Å². The van der Waals surface area contributed by atoms with Crippen LogP contribution in [0.2, 0.25) is 0 Å². The molecule has 0 aromatic carbocycles. The first-order chi connectivity index (χ1) is 10.3. The Balaban J connectivity index is 1.87. The van der Waals surface area contributed by atoms with Crippen LogP contribution in [0.5, 0.6) is 0 Å². The summed E-state index contributed by atoms with van der Waals surface area (Å²) in [5, 5.41) is 8.41. The van der Waals surface area contributed by atoms with Crippen molar-refractivity contribution in [2.24, 2.45) is 0 Å². The van der Waals surface area contributed by atoms with Crippen molar-refractivity contribution in [3.8, 4) is 5.82 Å². The van der Waals surface area contributed by atoms with Gasteiger partial charge in [0.25, 0.3) is 0 Å². The van der Waals surface area contributed by atoms with Gasteiger partial charge in [-0.05, 0) is 56.3 Å². The molecular formula is C17H24N4. The van der Waals surface area contributed by atoms with Crippen molar-refractivity contribution in [3.63, 3.8) is 0 Å². The molecule has 0 amide bonds. The highest BCUT2D eigenvalue weighted by molar-refractivity contribution is 5.34. The zero-order valence-electron chi connectivity index (χ0n) is 13.0. The van der Waals surface area contributed by atoms with E-state index in [1.807, 2.05) is 29.1 Å². The Morgan fingerprint density at radius 1 is 1.24 bits per heavy atom. The van der Waals surface area contributed by atoms with E-state index in [0.29, 0.717) is 0 Å². The number of nitrogens with one attached hydrogen (secondary N) is 1. The molecule has 0 aliphatic heterocycles. The summed E-state index contributed by atoms with van der Waals surface area (Å²) < 4.78 is 2.03. The normalized spacial score (nSPS) is 14.6. The second-order valence-electron chi connectivity index (χ2n) is 5.66. The molecule has 1 N–H and O–H groups in total. The second-order valence-corrected chi connectivity index (χ2v) is 5.66. The van der Waals surface area contributed by atoms with Crippen LogP contribution in [0, 0.1) is 0 Å². The first kappa shape index (κ1) is 14.3. The van der Waals surface area contributed by atoms with E-state index in [1.54, 1.807) is 0 Å². The van der Waals surface area contributed by atoms with E-state index in [1.165, 1.54) is 29.8 Å². The number of aromatic nitrogens is 3. The molecule has 1 fully saturated rings. The molecule has 0 bridgehead atoms. The van der Waals surface area contributed by atoms with Gasteiger partial charge in [0.15, 0.2) is 5.82 Å². The van der Waals surface area contributed by atoms with E-state index in [-0.39, 0.29) is 0 Å². The van der Waals surface area contributed by atoms with Crippen molar-refractivity contribution < 1.29 is 0 Å². The predicted molar refractivity (Wildman–Crippen MR) is 84.8 cm³/mol. The van der Waals surface area contributed by atoms with E-state index >= 15 is 0 Å². The summed E-state index contributed by atoms with van der Waals surface area (Å²) in [6.45, 7) is 5.44. The van der Waals surface area contributed by atoms with E-state index in [2.05, 4.69) is 24.1 Å². The van der Waals surface area contributed by atoms with Crippen LogP contribution in [-0.2, 0) is 19.3 Å². The van der Waals surface area contributed by atoms with Gasteiger partial charge in [-0.15, -0.1) is 0 Å². The van der Waals surface area contributed by atoms with Crippen LogP contribution in [0.3, 0.4) is 0 Å². The maximum Gasteiger partial charge on any atom is 0.153 e. The van der Waals surface area contributed by atoms with E-state index in [0.717, 1.165) is 37.7 Å². The topological polar surface area (TPSA) is 42.7 Å². The first-order valence-corrected chi connectivity index (χ1v) is 8.07. The van der Waals surface area contributed by atoms with Gasteiger partial charge in [-0.25, -0.2) is 9.67 Å². The van der Waals surface area contributed by atoms with Crippen molar-refractivity contribution in [2.75, 3.05) is 6.54 Å². The third kappa shape index (κ3) is 3.16. The standard InChI is InChI=1S/C17H24N4/c1-3-15-14(10-12-18-13-8-9-13)16(4-2)21(20-15)17-7-5-6-11-19-17/h5-7,11,13,18H,3-4,8-10,12H2,1-2H3. The minimum Gasteiger partial charge on any atom is -0.314 e. The molecule has 112 valence electrons. The Hall–Kier alpha value is -1.68. The van der Waals surface area contributed by atoms with Crippen LogP contribution in [0.25, 0.3) is 5.82 Å². The van der Waals surface area contributed by atoms with Gasteiger partial charge in [-0.2, -0.15) is 5.10 Å². The molecule has 0 unspecified atom stereocenters. The second kappa shape index (κ2) is 6.39. The van der Waals surface area contributed by atoms with Crippen LogP contribution >= 0.6 is 0 Å². The average molecular weight is 284 g/mol. The molecule has 0 spiro atoms. The summed E-state index contributed by atoms with van der Waals surface area (Å²) in [5.41, 5.74) is 3.94. The molecule has 0 radical (unpaired) electrons. The molecule has 1 aliphatic rings. The molecular weight excluding hydrogens is 260 g/mol. The zero-order chi connectivity index (χ0) is 14.7. The Morgan fingerprint density at radius 3 is 2.71 bits per heavy atom. The van der Waals surface area contributed by atoms with Crippen LogP contribution in [-0.4, -0.2) is 27.4 Å². The number of rotatable bonds is 7. The SMILES string of the molecule is CCc1nn(-c2ccccn2)c(CC)c1CCNC1CC1. The number of aryl methyl sites for hydroxylation is 1. The monoisotopic (exact) mass is 284 g/mol. The van der Waals surface area contributed by atoms with E-state index < -0.39 is 0 Å². The summed E-state index contributed by atoms with van der Waals surface area (Å²) in [5.74, 6) is 0.922. The molecule has 21 heavy (non-hydrogen) atoms. The zero-order valence-corrected chi connectivity index (χ0v) is 13.0. The summed E-state index contributed by atoms with van der Waals surface area (Å²) in [7, 11) is 0. The largest absolute Gasteiger partial charge is 0.314 e. The fraction of sp³-hybridized carbons (Fsp3) is 0.529. The molecule has 0 atom stereocenters. The van der Waals surface area contributed by atoms with Gasteiger partial charge in [0.05, 0.1) is 5.69 Å². The minimum absolute atomic E-state index is 0.769. The highest BCUT2D eigenvalue weighted by Gasteiger charge is 2.21. The van der Waals surface area contributed by atoms with Crippen molar-refractivity contribution in [3.05, 3.63) is 41.3 Å². The molecule has 1 saturated carbocycles. The first-order valence-electron chi connectivity index (χ1n) is 8.07. The van der Waals surface area contributed by atoms with Crippen LogP contribution < -0.4 is 5.32 Å². The maximum atomic E-state index is 4.81. The molecule has 2 aromatic heterocycles. The lowest BCUT2D eigenvalue weighted by Crippen LogP contribution is -2.20. The lowest BCUT2D eigenvalue weighted by Gasteiger charge is -2.08. The Kier molecular flexibility index (Phi) is 4.34. The van der Waals surface area contributed by atoms with Crippen molar-refractivity contribution >= 4 is 0 Å². The van der Waals surface area contributed by atoms with Crippen LogP contribution in [0.4, 0.5) is 0 Å². The summed E-state index contributed by atoms with van der Waals surface area (Å²) in [4.78, 5) is 4.45. The molecule has 4 heteroatoms. The van der Waals surface area contributed by atoms with Gasteiger partial charge < -0.3 is 5.32 Å². The van der Waals surface area contributed by atoms with Crippen LogP contribution in [0.1, 0.15) is 43.6 Å². The molecule has 1 aliphatic carbocycles. The van der Waals surface area contributed by atoms with Crippen molar-refractivity contribution in [1.82, 2.24) is 20.1 Å². The maximum absolute atomic E-state index is 4.81. The van der Waals surface area contributed by atoms with Gasteiger partial charge in [0.2, 0.25) is 0 Å². The fourth-order valence-corrected chi connectivity index (χ4v) is 2.83. The van der Waals surface area contributed by atoms with Gasteiger partial charge in [0.1, 0.15) is 0 Å². The molecule has 2 aromatic rings. The molecule has 4 nitrogen and oxygen atoms in total. The number of nitrogens with zero attached hydrogens (tertiary/aromatic N) is 3. The van der Waals surface area contributed by atoms with Gasteiger partial charge >= 0.3 is 0 Å².